The van der Waals surface area contributed by atoms with Crippen LogP contribution in [0.25, 0.3) is 0 Å². The van der Waals surface area contributed by atoms with Crippen LogP contribution in [0.3, 0.4) is 0 Å². The summed E-state index contributed by atoms with van der Waals surface area (Å²) >= 11 is 5.89. The van der Waals surface area contributed by atoms with Crippen molar-refractivity contribution in [3.63, 3.8) is 0 Å². The highest BCUT2D eigenvalue weighted by Gasteiger charge is 2.29. The Balaban J connectivity index is 2.12. The Labute approximate surface area is 92.2 Å². The van der Waals surface area contributed by atoms with Gasteiger partial charge >= 0.3 is 0 Å². The van der Waals surface area contributed by atoms with Crippen molar-refractivity contribution in [2.45, 2.75) is 18.3 Å². The molecule has 0 bridgehead atoms. The molecule has 6 heteroatoms. The zero-order chi connectivity index (χ0) is 10.8. The highest BCUT2D eigenvalue weighted by molar-refractivity contribution is 6.24. The van der Waals surface area contributed by atoms with Crippen LogP contribution in [-0.2, 0) is 11.3 Å². The molecule has 2 heterocycles. The van der Waals surface area contributed by atoms with Gasteiger partial charge in [0.1, 0.15) is 0 Å². The van der Waals surface area contributed by atoms with Crippen LogP contribution in [0.2, 0.25) is 0 Å². The molecule has 1 aromatic heterocycles. The van der Waals surface area contributed by atoms with Gasteiger partial charge < -0.3 is 10.0 Å². The van der Waals surface area contributed by atoms with Gasteiger partial charge in [-0.2, -0.15) is 5.10 Å². The fraction of sp³-hybridized carbons (Fsp3) is 0.556. The van der Waals surface area contributed by atoms with Gasteiger partial charge in [0, 0.05) is 19.2 Å². The molecule has 82 valence electrons. The number of amides is 1. The second kappa shape index (κ2) is 4.20. The lowest BCUT2D eigenvalue weighted by Gasteiger charge is -2.12. The molecule has 1 aliphatic heterocycles. The van der Waals surface area contributed by atoms with Crippen LogP contribution >= 0.6 is 11.6 Å². The highest BCUT2D eigenvalue weighted by atomic mass is 35.5. The molecule has 2 rings (SSSR count). The number of nitrogens with zero attached hydrogens (tertiary/aromatic N) is 3. The van der Waals surface area contributed by atoms with E-state index in [4.69, 9.17) is 16.7 Å². The third-order valence-electron chi connectivity index (χ3n) is 2.34. The molecular formula is C9H12ClN3O2. The monoisotopic (exact) mass is 229 g/mol. The molecule has 1 unspecified atom stereocenters. The molecule has 1 aromatic rings. The summed E-state index contributed by atoms with van der Waals surface area (Å²) in [7, 11) is 0. The first kappa shape index (κ1) is 10.4. The zero-order valence-electron chi connectivity index (χ0n) is 8.14. The second-order valence-electron chi connectivity index (χ2n) is 3.49. The van der Waals surface area contributed by atoms with Crippen LogP contribution < -0.4 is 4.90 Å². The van der Waals surface area contributed by atoms with Crippen molar-refractivity contribution in [3.05, 3.63) is 12.4 Å². The molecule has 0 radical (unpaired) electrons. The Kier molecular flexibility index (Phi) is 2.93. The van der Waals surface area contributed by atoms with E-state index in [0.29, 0.717) is 19.5 Å². The maximum atomic E-state index is 11.5. The number of carbonyl (C=O) groups is 1. The van der Waals surface area contributed by atoms with Gasteiger partial charge in [-0.15, -0.1) is 11.6 Å². The van der Waals surface area contributed by atoms with Crippen molar-refractivity contribution in [1.82, 2.24) is 9.78 Å². The predicted octanol–water partition coefficient (Wildman–Crippen LogP) is 0.219. The normalized spacial score (nSPS) is 21.3. The molecule has 0 spiro atoms. The number of aliphatic hydroxyl groups is 1. The van der Waals surface area contributed by atoms with E-state index in [1.807, 2.05) is 0 Å². The van der Waals surface area contributed by atoms with E-state index in [9.17, 15) is 4.79 Å². The number of aliphatic hydroxyl groups excluding tert-OH is 1. The summed E-state index contributed by atoms with van der Waals surface area (Å²) in [5.41, 5.74) is 0.747. The van der Waals surface area contributed by atoms with E-state index in [2.05, 4.69) is 5.10 Å². The summed E-state index contributed by atoms with van der Waals surface area (Å²) in [4.78, 5) is 13.1. The number of aromatic nitrogens is 2. The number of halogens is 1. The van der Waals surface area contributed by atoms with Gasteiger partial charge in [-0.25, -0.2) is 0 Å². The van der Waals surface area contributed by atoms with Gasteiger partial charge in [0.15, 0.2) is 0 Å². The molecule has 1 amide bonds. The van der Waals surface area contributed by atoms with Crippen LogP contribution in [0.5, 0.6) is 0 Å². The van der Waals surface area contributed by atoms with Crippen molar-refractivity contribution in [2.24, 2.45) is 0 Å². The largest absolute Gasteiger partial charge is 0.394 e. The summed E-state index contributed by atoms with van der Waals surface area (Å²) < 4.78 is 1.60. The predicted molar refractivity (Wildman–Crippen MR) is 55.9 cm³/mol. The molecule has 0 saturated carbocycles. The highest BCUT2D eigenvalue weighted by Crippen LogP contribution is 2.23. The number of hydrogen-bond donors (Lipinski definition) is 1. The molecule has 1 saturated heterocycles. The summed E-state index contributed by atoms with van der Waals surface area (Å²) in [5, 5.41) is 12.6. The second-order valence-corrected chi connectivity index (χ2v) is 4.11. The average molecular weight is 230 g/mol. The van der Waals surface area contributed by atoms with Crippen molar-refractivity contribution >= 4 is 23.2 Å². The number of anilines is 1. The zero-order valence-corrected chi connectivity index (χ0v) is 8.89. The van der Waals surface area contributed by atoms with E-state index in [1.54, 1.807) is 22.0 Å². The molecular weight excluding hydrogens is 218 g/mol. The van der Waals surface area contributed by atoms with Gasteiger partial charge in [0.05, 0.1) is 30.4 Å². The van der Waals surface area contributed by atoms with Gasteiger partial charge in [0.2, 0.25) is 5.91 Å². The number of carbonyl (C=O) groups excluding carboxylic acids is 1. The quantitative estimate of drug-likeness (QED) is 0.755. The molecule has 15 heavy (non-hydrogen) atoms. The van der Waals surface area contributed by atoms with Crippen molar-refractivity contribution in [3.8, 4) is 0 Å². The van der Waals surface area contributed by atoms with E-state index in [-0.39, 0.29) is 17.9 Å². The summed E-state index contributed by atoms with van der Waals surface area (Å²) in [5.74, 6) is 0.0264. The molecule has 1 aliphatic rings. The summed E-state index contributed by atoms with van der Waals surface area (Å²) in [6, 6.07) is 0. The molecule has 1 fully saturated rings. The number of rotatable bonds is 3. The number of hydrogen-bond acceptors (Lipinski definition) is 3. The minimum atomic E-state index is -0.112. The van der Waals surface area contributed by atoms with Crippen molar-refractivity contribution in [1.29, 1.82) is 0 Å². The van der Waals surface area contributed by atoms with Gasteiger partial charge in [0.25, 0.3) is 0 Å². The van der Waals surface area contributed by atoms with E-state index in [1.165, 1.54) is 0 Å². The summed E-state index contributed by atoms with van der Waals surface area (Å²) in [6.45, 7) is 1.00. The third kappa shape index (κ3) is 2.13. The minimum Gasteiger partial charge on any atom is -0.394 e. The van der Waals surface area contributed by atoms with Crippen LogP contribution in [0.15, 0.2) is 12.4 Å². The van der Waals surface area contributed by atoms with Gasteiger partial charge in [-0.3, -0.25) is 9.48 Å². The molecule has 1 atom stereocenters. The average Bonchev–Trinajstić information content (AvgIpc) is 2.73. The standard InChI is InChI=1S/C9H12ClN3O2/c10-7-3-9(15)13(5-7)8-4-11-12(6-8)1-2-14/h4,6-7,14H,1-3,5H2. The smallest absolute Gasteiger partial charge is 0.228 e. The lowest BCUT2D eigenvalue weighted by molar-refractivity contribution is -0.117. The Hall–Kier alpha value is -1.07. The lowest BCUT2D eigenvalue weighted by Crippen LogP contribution is -2.24. The maximum Gasteiger partial charge on any atom is 0.228 e. The van der Waals surface area contributed by atoms with Crippen molar-refractivity contribution in [2.75, 3.05) is 18.1 Å². The summed E-state index contributed by atoms with van der Waals surface area (Å²) in [6.07, 6.45) is 3.73. The number of alkyl halides is 1. The van der Waals surface area contributed by atoms with Crippen LogP contribution in [0, 0.1) is 0 Å². The SMILES string of the molecule is O=C1CC(Cl)CN1c1cnn(CCO)c1. The first-order chi connectivity index (χ1) is 7.20. The maximum absolute atomic E-state index is 11.5. The van der Waals surface area contributed by atoms with Crippen molar-refractivity contribution < 1.29 is 9.90 Å². The fourth-order valence-electron chi connectivity index (χ4n) is 1.63. The Bertz CT molecular complexity index is 366. The Morgan fingerprint density at radius 2 is 2.47 bits per heavy atom. The lowest BCUT2D eigenvalue weighted by atomic mass is 10.4. The minimum absolute atomic E-state index is 0.0264. The molecule has 5 nitrogen and oxygen atoms in total. The van der Waals surface area contributed by atoms with E-state index >= 15 is 0 Å². The topological polar surface area (TPSA) is 58.4 Å². The van der Waals surface area contributed by atoms with Crippen LogP contribution in [0.4, 0.5) is 5.69 Å². The van der Waals surface area contributed by atoms with E-state index < -0.39 is 0 Å². The Morgan fingerprint density at radius 3 is 3.07 bits per heavy atom. The van der Waals surface area contributed by atoms with Gasteiger partial charge in [-0.1, -0.05) is 0 Å². The van der Waals surface area contributed by atoms with Crippen LogP contribution in [0.1, 0.15) is 6.42 Å². The van der Waals surface area contributed by atoms with Crippen LogP contribution in [-0.4, -0.2) is 39.3 Å². The van der Waals surface area contributed by atoms with E-state index in [0.717, 1.165) is 5.69 Å². The molecule has 0 aliphatic carbocycles. The third-order valence-corrected chi connectivity index (χ3v) is 2.63. The Morgan fingerprint density at radius 1 is 1.67 bits per heavy atom. The molecule has 1 N–H and O–H groups in total. The first-order valence-corrected chi connectivity index (χ1v) is 5.22. The molecule has 0 aromatic carbocycles. The first-order valence-electron chi connectivity index (χ1n) is 4.78. The van der Waals surface area contributed by atoms with Gasteiger partial charge in [-0.05, 0) is 0 Å². The fourth-order valence-corrected chi connectivity index (χ4v) is 1.90.